The number of rotatable bonds is 4. The van der Waals surface area contributed by atoms with Crippen LogP contribution in [-0.4, -0.2) is 13.1 Å². The molecule has 0 saturated heterocycles. The molecule has 4 rings (SSSR count). The van der Waals surface area contributed by atoms with Crippen molar-refractivity contribution in [3.05, 3.63) is 34.6 Å². The molecule has 20 heavy (non-hydrogen) atoms. The van der Waals surface area contributed by atoms with Crippen LogP contribution < -0.4 is 5.32 Å². The van der Waals surface area contributed by atoms with Gasteiger partial charge in [0.05, 0.1) is 0 Å². The van der Waals surface area contributed by atoms with Gasteiger partial charge in [0, 0.05) is 16.6 Å². The molecule has 0 aliphatic heterocycles. The highest BCUT2D eigenvalue weighted by molar-refractivity contribution is 6.31. The van der Waals surface area contributed by atoms with E-state index in [0.29, 0.717) is 16.6 Å². The Labute approximate surface area is 124 Å². The first kappa shape index (κ1) is 13.1. The minimum atomic E-state index is -0.161. The minimum Gasteiger partial charge on any atom is -0.316 e. The standard InChI is InChI=1S/C17H21ClFN/c1-20-14(8-11-12(18)3-2-4-13(11)19)17-15-9-5-6-10(7-9)16(15)17/h2-4,9-10,14-17,20H,5-8H2,1H3. The first-order valence-electron chi connectivity index (χ1n) is 7.81. The maximum atomic E-state index is 14.0. The van der Waals surface area contributed by atoms with Gasteiger partial charge in [0.25, 0.3) is 0 Å². The molecule has 1 N–H and O–H groups in total. The molecular weight excluding hydrogens is 273 g/mol. The van der Waals surface area contributed by atoms with E-state index >= 15 is 0 Å². The number of halogens is 2. The maximum Gasteiger partial charge on any atom is 0.127 e. The number of benzene rings is 1. The third-order valence-electron chi connectivity index (χ3n) is 6.12. The van der Waals surface area contributed by atoms with Gasteiger partial charge in [0.2, 0.25) is 0 Å². The van der Waals surface area contributed by atoms with E-state index in [0.717, 1.165) is 36.0 Å². The molecule has 0 aromatic heterocycles. The van der Waals surface area contributed by atoms with Crippen LogP contribution in [0.2, 0.25) is 5.02 Å². The second-order valence-electron chi connectivity index (χ2n) is 6.86. The van der Waals surface area contributed by atoms with Gasteiger partial charge in [0.1, 0.15) is 5.82 Å². The van der Waals surface area contributed by atoms with Gasteiger partial charge in [-0.05, 0) is 74.5 Å². The molecule has 5 unspecified atom stereocenters. The lowest BCUT2D eigenvalue weighted by molar-refractivity contribution is 0.374. The second kappa shape index (κ2) is 4.71. The highest BCUT2D eigenvalue weighted by Crippen LogP contribution is 2.70. The van der Waals surface area contributed by atoms with Crippen LogP contribution >= 0.6 is 11.6 Å². The molecule has 1 aromatic carbocycles. The zero-order valence-corrected chi connectivity index (χ0v) is 12.5. The van der Waals surface area contributed by atoms with Crippen molar-refractivity contribution in [3.63, 3.8) is 0 Å². The summed E-state index contributed by atoms with van der Waals surface area (Å²) in [5.41, 5.74) is 0.686. The van der Waals surface area contributed by atoms with Crippen molar-refractivity contribution in [2.45, 2.75) is 31.7 Å². The molecule has 108 valence electrons. The molecule has 0 radical (unpaired) electrons. The molecular formula is C17H21ClFN. The predicted octanol–water partition coefficient (Wildman–Crippen LogP) is 3.90. The molecule has 3 saturated carbocycles. The van der Waals surface area contributed by atoms with E-state index in [-0.39, 0.29) is 5.82 Å². The first-order chi connectivity index (χ1) is 9.70. The SMILES string of the molecule is CNC(Cc1c(F)cccc1Cl)C1C2C3CCC(C3)C21. The Bertz CT molecular complexity index is 495. The molecule has 5 atom stereocenters. The van der Waals surface area contributed by atoms with Gasteiger partial charge < -0.3 is 5.32 Å². The van der Waals surface area contributed by atoms with Gasteiger partial charge >= 0.3 is 0 Å². The van der Waals surface area contributed by atoms with Gasteiger partial charge in [-0.3, -0.25) is 0 Å². The largest absolute Gasteiger partial charge is 0.316 e. The van der Waals surface area contributed by atoms with Crippen LogP contribution in [0.3, 0.4) is 0 Å². The number of hydrogen-bond donors (Lipinski definition) is 1. The smallest absolute Gasteiger partial charge is 0.127 e. The van der Waals surface area contributed by atoms with E-state index in [1.54, 1.807) is 12.1 Å². The summed E-state index contributed by atoms with van der Waals surface area (Å²) in [5, 5.41) is 4.01. The Balaban J connectivity index is 1.53. The Morgan fingerprint density at radius 1 is 1.30 bits per heavy atom. The summed E-state index contributed by atoms with van der Waals surface area (Å²) in [6.07, 6.45) is 5.04. The van der Waals surface area contributed by atoms with E-state index < -0.39 is 0 Å². The fourth-order valence-electron chi connectivity index (χ4n) is 5.31. The van der Waals surface area contributed by atoms with E-state index in [9.17, 15) is 4.39 Å². The number of nitrogens with one attached hydrogen (secondary N) is 1. The van der Waals surface area contributed by atoms with E-state index in [4.69, 9.17) is 11.6 Å². The molecule has 0 amide bonds. The Morgan fingerprint density at radius 3 is 2.60 bits per heavy atom. The zero-order valence-electron chi connectivity index (χ0n) is 11.8. The Hall–Kier alpha value is -0.600. The minimum absolute atomic E-state index is 0.161. The predicted molar refractivity (Wildman–Crippen MR) is 79.3 cm³/mol. The Morgan fingerprint density at radius 2 is 2.00 bits per heavy atom. The molecule has 3 fully saturated rings. The maximum absolute atomic E-state index is 14.0. The lowest BCUT2D eigenvalue weighted by Gasteiger charge is -2.21. The number of likely N-dealkylation sites (N-methyl/N-ethyl adjacent to an activating group) is 1. The molecule has 0 heterocycles. The van der Waals surface area contributed by atoms with E-state index in [2.05, 4.69) is 5.32 Å². The molecule has 1 aromatic rings. The summed E-state index contributed by atoms with van der Waals surface area (Å²) in [4.78, 5) is 0. The Kier molecular flexibility index (Phi) is 3.08. The highest BCUT2D eigenvalue weighted by Gasteiger charge is 2.66. The van der Waals surface area contributed by atoms with Crippen molar-refractivity contribution in [2.75, 3.05) is 7.05 Å². The lowest BCUT2D eigenvalue weighted by Crippen LogP contribution is -2.32. The normalized spacial score (nSPS) is 38.9. The molecule has 1 nitrogen and oxygen atoms in total. The third kappa shape index (κ3) is 1.84. The molecule has 3 aliphatic carbocycles. The van der Waals surface area contributed by atoms with Gasteiger partial charge in [-0.2, -0.15) is 0 Å². The molecule has 2 bridgehead atoms. The van der Waals surface area contributed by atoms with Crippen molar-refractivity contribution in [1.29, 1.82) is 0 Å². The van der Waals surface area contributed by atoms with Crippen LogP contribution in [0.1, 0.15) is 24.8 Å². The molecule has 3 aliphatic rings. The quantitative estimate of drug-likeness (QED) is 0.888. The summed E-state index contributed by atoms with van der Waals surface area (Å²) in [6, 6.07) is 5.37. The van der Waals surface area contributed by atoms with Crippen molar-refractivity contribution < 1.29 is 4.39 Å². The topological polar surface area (TPSA) is 12.0 Å². The average molecular weight is 294 g/mol. The van der Waals surface area contributed by atoms with Crippen LogP contribution in [0.5, 0.6) is 0 Å². The average Bonchev–Trinajstić information content (AvgIpc) is 2.87. The van der Waals surface area contributed by atoms with Crippen molar-refractivity contribution >= 4 is 11.6 Å². The fraction of sp³-hybridized carbons (Fsp3) is 0.647. The first-order valence-corrected chi connectivity index (χ1v) is 8.18. The van der Waals surface area contributed by atoms with Gasteiger partial charge in [-0.1, -0.05) is 17.7 Å². The van der Waals surface area contributed by atoms with Gasteiger partial charge in [0.15, 0.2) is 0 Å². The second-order valence-corrected chi connectivity index (χ2v) is 7.27. The third-order valence-corrected chi connectivity index (χ3v) is 6.47. The van der Waals surface area contributed by atoms with Crippen LogP contribution in [0.25, 0.3) is 0 Å². The summed E-state index contributed by atoms with van der Waals surface area (Å²) in [5.74, 6) is 4.34. The summed E-state index contributed by atoms with van der Waals surface area (Å²) in [7, 11) is 2.01. The van der Waals surface area contributed by atoms with Crippen LogP contribution in [0.4, 0.5) is 4.39 Å². The van der Waals surface area contributed by atoms with Gasteiger partial charge in [-0.25, -0.2) is 4.39 Å². The van der Waals surface area contributed by atoms with Crippen LogP contribution in [0.15, 0.2) is 18.2 Å². The number of fused-ring (bicyclic) bond motifs is 5. The highest BCUT2D eigenvalue weighted by atomic mass is 35.5. The molecule has 0 spiro atoms. The lowest BCUT2D eigenvalue weighted by atomic mass is 9.93. The zero-order chi connectivity index (χ0) is 13.9. The van der Waals surface area contributed by atoms with Crippen molar-refractivity contribution in [1.82, 2.24) is 5.32 Å². The summed E-state index contributed by atoms with van der Waals surface area (Å²) in [6.45, 7) is 0. The number of hydrogen-bond acceptors (Lipinski definition) is 1. The van der Waals surface area contributed by atoms with Gasteiger partial charge in [-0.15, -0.1) is 0 Å². The van der Waals surface area contributed by atoms with Crippen LogP contribution in [0, 0.1) is 35.4 Å². The summed E-state index contributed by atoms with van der Waals surface area (Å²) >= 11 is 6.18. The molecule has 3 heteroatoms. The van der Waals surface area contributed by atoms with E-state index in [1.165, 1.54) is 25.3 Å². The van der Waals surface area contributed by atoms with Crippen molar-refractivity contribution in [2.24, 2.45) is 29.6 Å². The van der Waals surface area contributed by atoms with Crippen molar-refractivity contribution in [3.8, 4) is 0 Å². The fourth-order valence-corrected chi connectivity index (χ4v) is 5.55. The monoisotopic (exact) mass is 293 g/mol. The summed E-state index contributed by atoms with van der Waals surface area (Å²) < 4.78 is 14.0. The van der Waals surface area contributed by atoms with Crippen LogP contribution in [-0.2, 0) is 6.42 Å². The van der Waals surface area contributed by atoms with E-state index in [1.807, 2.05) is 7.05 Å².